The van der Waals surface area contributed by atoms with Gasteiger partial charge in [-0.1, -0.05) is 0 Å². The van der Waals surface area contributed by atoms with Crippen LogP contribution in [0.1, 0.15) is 12.8 Å². The van der Waals surface area contributed by atoms with Crippen LogP contribution in [0.2, 0.25) is 0 Å². The van der Waals surface area contributed by atoms with Gasteiger partial charge in [-0.2, -0.15) is 0 Å². The number of aliphatic hydroxyl groups is 1. The lowest BCUT2D eigenvalue weighted by Crippen LogP contribution is -2.50. The summed E-state index contributed by atoms with van der Waals surface area (Å²) in [5.74, 6) is 0.0100. The second-order valence-corrected chi connectivity index (χ2v) is 3.61. The highest BCUT2D eigenvalue weighted by Crippen LogP contribution is 2.11. The fraction of sp³-hybridized carbons (Fsp3) is 0.900. The van der Waals surface area contributed by atoms with Gasteiger partial charge in [0.05, 0.1) is 12.6 Å². The Morgan fingerprint density at radius 3 is 3.13 bits per heavy atom. The quantitative estimate of drug-likeness (QED) is 0.617. The number of morpholine rings is 1. The van der Waals surface area contributed by atoms with Gasteiger partial charge >= 0.3 is 0 Å². The van der Waals surface area contributed by atoms with E-state index in [1.165, 1.54) is 0 Å². The highest BCUT2D eigenvalue weighted by molar-refractivity contribution is 5.78. The van der Waals surface area contributed by atoms with Crippen molar-refractivity contribution in [2.45, 2.75) is 18.9 Å². The van der Waals surface area contributed by atoms with Crippen molar-refractivity contribution in [3.63, 3.8) is 0 Å². The van der Waals surface area contributed by atoms with E-state index in [1.807, 2.05) is 0 Å². The highest BCUT2D eigenvalue weighted by atomic mass is 16.5. The van der Waals surface area contributed by atoms with Gasteiger partial charge in [0.2, 0.25) is 5.91 Å². The first-order valence-corrected chi connectivity index (χ1v) is 5.26. The van der Waals surface area contributed by atoms with Crippen molar-refractivity contribution in [2.75, 3.05) is 40.1 Å². The molecule has 5 nitrogen and oxygen atoms in total. The van der Waals surface area contributed by atoms with Crippen LogP contribution in [0.25, 0.3) is 0 Å². The molecular weight excluding hydrogens is 198 g/mol. The summed E-state index contributed by atoms with van der Waals surface area (Å²) in [6.07, 6.45) is 1.41. The fourth-order valence-corrected chi connectivity index (χ4v) is 1.73. The molecule has 0 aliphatic carbocycles. The number of aliphatic hydroxyl groups excluding tert-OH is 1. The zero-order valence-electron chi connectivity index (χ0n) is 9.15. The number of hydrogen-bond acceptors (Lipinski definition) is 4. The van der Waals surface area contributed by atoms with Gasteiger partial charge < -0.3 is 19.5 Å². The van der Waals surface area contributed by atoms with E-state index in [9.17, 15) is 4.79 Å². The van der Waals surface area contributed by atoms with Gasteiger partial charge in [-0.3, -0.25) is 4.79 Å². The van der Waals surface area contributed by atoms with Gasteiger partial charge in [-0.05, 0) is 12.8 Å². The molecule has 1 amide bonds. The zero-order valence-corrected chi connectivity index (χ0v) is 9.15. The Labute approximate surface area is 90.0 Å². The smallest absolute Gasteiger partial charge is 0.248 e. The van der Waals surface area contributed by atoms with Crippen LogP contribution in [-0.2, 0) is 14.3 Å². The van der Waals surface area contributed by atoms with Crippen LogP contribution in [-0.4, -0.2) is 62.0 Å². The zero-order chi connectivity index (χ0) is 11.1. The van der Waals surface area contributed by atoms with Crippen molar-refractivity contribution < 1.29 is 19.4 Å². The summed E-state index contributed by atoms with van der Waals surface area (Å²) in [5, 5.41) is 8.88. The second-order valence-electron chi connectivity index (χ2n) is 3.61. The predicted molar refractivity (Wildman–Crippen MR) is 54.5 cm³/mol. The van der Waals surface area contributed by atoms with E-state index < -0.39 is 0 Å². The predicted octanol–water partition coefficient (Wildman–Crippen LogP) is -0.367. The molecule has 0 radical (unpaired) electrons. The number of rotatable bonds is 6. The Balaban J connectivity index is 2.41. The van der Waals surface area contributed by atoms with Crippen LogP contribution in [0.4, 0.5) is 0 Å². The number of methoxy groups -OCH3 is 1. The average Bonchev–Trinajstić information content (AvgIpc) is 2.23. The van der Waals surface area contributed by atoms with Gasteiger partial charge in [-0.25, -0.2) is 0 Å². The topological polar surface area (TPSA) is 59.0 Å². The van der Waals surface area contributed by atoms with Crippen LogP contribution in [0.15, 0.2) is 0 Å². The van der Waals surface area contributed by atoms with E-state index in [0.29, 0.717) is 26.2 Å². The number of ether oxygens (including phenoxy) is 2. The molecule has 0 bridgehead atoms. The van der Waals surface area contributed by atoms with Gasteiger partial charge in [0.1, 0.15) is 6.61 Å². The maximum atomic E-state index is 11.6. The molecule has 0 aromatic carbocycles. The molecule has 1 fully saturated rings. The SMILES string of the molecule is COCCCN1C(=O)COCC1CCO. The molecule has 1 aliphatic rings. The van der Waals surface area contributed by atoms with Gasteiger partial charge in [0, 0.05) is 26.9 Å². The Hall–Kier alpha value is -0.650. The summed E-state index contributed by atoms with van der Waals surface area (Å²) in [4.78, 5) is 13.3. The summed E-state index contributed by atoms with van der Waals surface area (Å²) >= 11 is 0. The summed E-state index contributed by atoms with van der Waals surface area (Å²) < 4.78 is 10.1. The van der Waals surface area contributed by atoms with Crippen LogP contribution in [0.5, 0.6) is 0 Å². The molecule has 1 saturated heterocycles. The molecule has 1 atom stereocenters. The molecule has 1 heterocycles. The molecule has 0 aromatic rings. The van der Waals surface area contributed by atoms with Gasteiger partial charge in [-0.15, -0.1) is 0 Å². The second kappa shape index (κ2) is 6.76. The molecule has 1 unspecified atom stereocenters. The number of hydrogen-bond donors (Lipinski definition) is 1. The minimum Gasteiger partial charge on any atom is -0.396 e. The Bertz CT molecular complexity index is 196. The third-order valence-electron chi connectivity index (χ3n) is 2.51. The third-order valence-corrected chi connectivity index (χ3v) is 2.51. The molecule has 15 heavy (non-hydrogen) atoms. The lowest BCUT2D eigenvalue weighted by Gasteiger charge is -2.35. The average molecular weight is 217 g/mol. The van der Waals surface area contributed by atoms with Crippen molar-refractivity contribution >= 4 is 5.91 Å². The maximum Gasteiger partial charge on any atom is 0.248 e. The van der Waals surface area contributed by atoms with Gasteiger partial charge in [0.25, 0.3) is 0 Å². The first-order chi connectivity index (χ1) is 7.29. The largest absolute Gasteiger partial charge is 0.396 e. The lowest BCUT2D eigenvalue weighted by molar-refractivity contribution is -0.148. The molecule has 5 heteroatoms. The maximum absolute atomic E-state index is 11.6. The molecule has 0 saturated carbocycles. The molecule has 0 aromatic heterocycles. The van der Waals surface area contributed by atoms with Crippen molar-refractivity contribution in [2.24, 2.45) is 0 Å². The third kappa shape index (κ3) is 3.77. The summed E-state index contributed by atoms with van der Waals surface area (Å²) in [6, 6.07) is 0.0214. The monoisotopic (exact) mass is 217 g/mol. The molecule has 0 spiro atoms. The standard InChI is InChI=1S/C10H19NO4/c1-14-6-2-4-11-9(3-5-12)7-15-8-10(11)13/h9,12H,2-8H2,1H3. The Morgan fingerprint density at radius 2 is 2.47 bits per heavy atom. The van der Waals surface area contributed by atoms with E-state index in [0.717, 1.165) is 6.42 Å². The van der Waals surface area contributed by atoms with Crippen LogP contribution in [0.3, 0.4) is 0 Å². The normalized spacial score (nSPS) is 22.1. The van der Waals surface area contributed by atoms with Crippen LogP contribution >= 0.6 is 0 Å². The van der Waals surface area contributed by atoms with Gasteiger partial charge in [0.15, 0.2) is 0 Å². The van der Waals surface area contributed by atoms with E-state index >= 15 is 0 Å². The lowest BCUT2D eigenvalue weighted by atomic mass is 10.1. The number of nitrogens with zero attached hydrogens (tertiary/aromatic N) is 1. The summed E-state index contributed by atoms with van der Waals surface area (Å²) in [7, 11) is 1.65. The first-order valence-electron chi connectivity index (χ1n) is 5.26. The van der Waals surface area contributed by atoms with Crippen LogP contribution < -0.4 is 0 Å². The summed E-state index contributed by atoms with van der Waals surface area (Å²) in [5.41, 5.74) is 0. The van der Waals surface area contributed by atoms with Crippen molar-refractivity contribution in [3.05, 3.63) is 0 Å². The minimum absolute atomic E-state index is 0.0100. The van der Waals surface area contributed by atoms with Crippen molar-refractivity contribution in [3.8, 4) is 0 Å². The van der Waals surface area contributed by atoms with E-state index in [4.69, 9.17) is 14.6 Å². The summed E-state index contributed by atoms with van der Waals surface area (Å²) in [6.45, 7) is 2.10. The number of carbonyl (C=O) groups excluding carboxylic acids is 1. The van der Waals surface area contributed by atoms with Crippen molar-refractivity contribution in [1.29, 1.82) is 0 Å². The molecular formula is C10H19NO4. The molecule has 1 aliphatic heterocycles. The minimum atomic E-state index is 0.0100. The molecule has 1 N–H and O–H groups in total. The molecule has 88 valence electrons. The molecule has 1 rings (SSSR count). The van der Waals surface area contributed by atoms with E-state index in [-0.39, 0.29) is 25.2 Å². The Morgan fingerprint density at radius 1 is 1.67 bits per heavy atom. The van der Waals surface area contributed by atoms with Crippen LogP contribution in [0, 0.1) is 0 Å². The number of carbonyl (C=O) groups is 1. The van der Waals surface area contributed by atoms with E-state index in [2.05, 4.69) is 0 Å². The van der Waals surface area contributed by atoms with E-state index in [1.54, 1.807) is 12.0 Å². The Kier molecular flexibility index (Phi) is 5.60. The number of amides is 1. The fourth-order valence-electron chi connectivity index (χ4n) is 1.73. The first kappa shape index (κ1) is 12.4. The highest BCUT2D eigenvalue weighted by Gasteiger charge is 2.27. The van der Waals surface area contributed by atoms with Crippen molar-refractivity contribution in [1.82, 2.24) is 4.90 Å².